The summed E-state index contributed by atoms with van der Waals surface area (Å²) in [6, 6.07) is 6.10. The number of fused-ring (bicyclic) bond motifs is 1. The summed E-state index contributed by atoms with van der Waals surface area (Å²) in [5, 5.41) is 0.954. The molecule has 0 unspecified atom stereocenters. The molecule has 2 fully saturated rings. The molecular weight excluding hydrogens is 392 g/mol. The lowest BCUT2D eigenvalue weighted by Gasteiger charge is -2.30. The van der Waals surface area contributed by atoms with E-state index >= 15 is 0 Å². The number of hydrogen-bond acceptors (Lipinski definition) is 8. The Hall–Kier alpha value is -3.13. The molecule has 0 spiro atoms. The Kier molecular flexibility index (Phi) is 5.71. The molecule has 2 aliphatic rings. The minimum Gasteiger partial charge on any atom is -0.490 e. The van der Waals surface area contributed by atoms with Crippen LogP contribution in [0.3, 0.4) is 0 Å². The number of rotatable bonds is 4. The highest BCUT2D eigenvalue weighted by atomic mass is 16.5. The van der Waals surface area contributed by atoms with E-state index in [9.17, 15) is 0 Å². The van der Waals surface area contributed by atoms with Crippen LogP contribution in [-0.2, 0) is 4.74 Å². The standard InChI is InChI=1S/C23H26N6O2/c1-16-25-7-6-23(27-16)28-17-2-4-19(5-3-17)31-22-13-18(29-8-10-30-11-9-29)12-21-20(22)14-24-15-26-21/h6-7,12-15,19H,2-5,8-11H2,1H3. The van der Waals surface area contributed by atoms with E-state index in [0.717, 1.165) is 86.0 Å². The number of benzene rings is 1. The normalized spacial score (nSPS) is 19.5. The Labute approximate surface area is 181 Å². The minimum atomic E-state index is 0.148. The summed E-state index contributed by atoms with van der Waals surface area (Å²) >= 11 is 0. The Morgan fingerprint density at radius 2 is 1.97 bits per heavy atom. The highest BCUT2D eigenvalue weighted by molar-refractivity contribution is 5.89. The van der Waals surface area contributed by atoms with Gasteiger partial charge in [0.1, 0.15) is 17.9 Å². The quantitative estimate of drug-likeness (QED) is 0.639. The third-order valence-electron chi connectivity index (χ3n) is 5.79. The molecule has 5 rings (SSSR count). The summed E-state index contributed by atoms with van der Waals surface area (Å²) in [5.74, 6) is 2.34. The van der Waals surface area contributed by atoms with Crippen LogP contribution in [0.2, 0.25) is 0 Å². The fourth-order valence-corrected chi connectivity index (χ4v) is 4.14. The third kappa shape index (κ3) is 4.64. The van der Waals surface area contributed by atoms with Crippen LogP contribution in [0.1, 0.15) is 31.5 Å². The van der Waals surface area contributed by atoms with Crippen LogP contribution in [0.4, 0.5) is 11.5 Å². The van der Waals surface area contributed by atoms with E-state index in [4.69, 9.17) is 14.5 Å². The average molecular weight is 419 g/mol. The highest BCUT2D eigenvalue weighted by Gasteiger charge is 2.22. The summed E-state index contributed by atoms with van der Waals surface area (Å²) < 4.78 is 12.0. The zero-order valence-electron chi connectivity index (χ0n) is 17.7. The number of nitrogens with zero attached hydrogens (tertiary/aromatic N) is 6. The number of hydrogen-bond donors (Lipinski definition) is 0. The van der Waals surface area contributed by atoms with Gasteiger partial charge in [0.25, 0.3) is 0 Å². The van der Waals surface area contributed by atoms with Crippen LogP contribution in [0.5, 0.6) is 5.75 Å². The molecule has 0 N–H and O–H groups in total. The molecule has 0 bridgehead atoms. The van der Waals surface area contributed by atoms with Crippen molar-refractivity contribution in [1.29, 1.82) is 0 Å². The molecule has 1 aliphatic heterocycles. The van der Waals surface area contributed by atoms with Gasteiger partial charge in [-0.1, -0.05) is 0 Å². The highest BCUT2D eigenvalue weighted by Crippen LogP contribution is 2.33. The third-order valence-corrected chi connectivity index (χ3v) is 5.79. The average Bonchev–Trinajstić information content (AvgIpc) is 2.81. The largest absolute Gasteiger partial charge is 0.490 e. The van der Waals surface area contributed by atoms with Crippen LogP contribution in [-0.4, -0.2) is 58.1 Å². The summed E-state index contributed by atoms with van der Waals surface area (Å²) in [4.78, 5) is 24.3. The predicted molar refractivity (Wildman–Crippen MR) is 119 cm³/mol. The molecule has 3 aromatic rings. The maximum absolute atomic E-state index is 6.50. The first kappa shape index (κ1) is 19.8. The maximum atomic E-state index is 6.50. The molecule has 0 radical (unpaired) electrons. The van der Waals surface area contributed by atoms with Crippen molar-refractivity contribution in [3.8, 4) is 5.75 Å². The topological polar surface area (TPSA) is 85.6 Å². The number of aryl methyl sites for hydroxylation is 1. The van der Waals surface area contributed by atoms with Gasteiger partial charge in [-0.15, -0.1) is 0 Å². The molecule has 160 valence electrons. The second-order valence-electron chi connectivity index (χ2n) is 7.96. The van der Waals surface area contributed by atoms with Crippen molar-refractivity contribution in [2.75, 3.05) is 31.2 Å². The fraction of sp³-hybridized carbons (Fsp3) is 0.435. The summed E-state index contributed by atoms with van der Waals surface area (Å²) in [6.45, 7) is 5.13. The van der Waals surface area contributed by atoms with Crippen LogP contribution >= 0.6 is 0 Å². The van der Waals surface area contributed by atoms with E-state index in [2.05, 4.69) is 37.0 Å². The second kappa shape index (κ2) is 8.93. The van der Waals surface area contributed by atoms with E-state index in [1.807, 2.05) is 19.2 Å². The zero-order chi connectivity index (χ0) is 21.0. The van der Waals surface area contributed by atoms with Crippen molar-refractivity contribution in [1.82, 2.24) is 19.9 Å². The van der Waals surface area contributed by atoms with Gasteiger partial charge in [0.05, 0.1) is 30.2 Å². The molecule has 2 aromatic heterocycles. The molecule has 1 saturated heterocycles. The molecule has 1 aliphatic carbocycles. The summed E-state index contributed by atoms with van der Waals surface area (Å²) in [7, 11) is 0. The van der Waals surface area contributed by atoms with Crippen LogP contribution in [0, 0.1) is 6.92 Å². The monoisotopic (exact) mass is 418 g/mol. The molecule has 8 nitrogen and oxygen atoms in total. The number of anilines is 1. The Balaban J connectivity index is 1.32. The molecule has 0 amide bonds. The lowest BCUT2D eigenvalue weighted by Crippen LogP contribution is -2.36. The van der Waals surface area contributed by atoms with Crippen molar-refractivity contribution in [3.05, 3.63) is 42.7 Å². The summed E-state index contributed by atoms with van der Waals surface area (Å²) in [5.41, 5.74) is 3.21. The fourth-order valence-electron chi connectivity index (χ4n) is 4.14. The Bertz CT molecular complexity index is 1090. The van der Waals surface area contributed by atoms with Gasteiger partial charge in [0, 0.05) is 49.0 Å². The molecule has 31 heavy (non-hydrogen) atoms. The van der Waals surface area contributed by atoms with E-state index in [0.29, 0.717) is 0 Å². The van der Waals surface area contributed by atoms with Gasteiger partial charge in [-0.3, -0.25) is 0 Å². The minimum absolute atomic E-state index is 0.148. The van der Waals surface area contributed by atoms with Crippen molar-refractivity contribution in [2.45, 2.75) is 38.7 Å². The van der Waals surface area contributed by atoms with Gasteiger partial charge < -0.3 is 14.4 Å². The first-order valence-corrected chi connectivity index (χ1v) is 10.8. The number of morpholine rings is 1. The molecular formula is C23H26N6O2. The van der Waals surface area contributed by atoms with Crippen molar-refractivity contribution in [2.24, 2.45) is 4.99 Å². The van der Waals surface area contributed by atoms with Gasteiger partial charge in [-0.25, -0.2) is 24.9 Å². The number of aliphatic imine (C=N–C) groups is 1. The molecule has 1 aromatic carbocycles. The van der Waals surface area contributed by atoms with Crippen LogP contribution in [0.15, 0.2) is 41.9 Å². The van der Waals surface area contributed by atoms with Gasteiger partial charge >= 0.3 is 0 Å². The van der Waals surface area contributed by atoms with E-state index in [1.54, 1.807) is 12.5 Å². The van der Waals surface area contributed by atoms with Crippen molar-refractivity contribution >= 4 is 28.1 Å². The number of ether oxygens (including phenoxy) is 2. The summed E-state index contributed by atoms with van der Waals surface area (Å²) in [6.07, 6.45) is 9.01. The predicted octanol–water partition coefficient (Wildman–Crippen LogP) is 3.66. The molecule has 1 saturated carbocycles. The zero-order valence-corrected chi connectivity index (χ0v) is 17.7. The van der Waals surface area contributed by atoms with Gasteiger partial charge in [0.15, 0.2) is 5.82 Å². The van der Waals surface area contributed by atoms with E-state index in [-0.39, 0.29) is 6.10 Å². The molecule has 8 heteroatoms. The SMILES string of the molecule is Cc1nccc(N=C2CCC(Oc3cc(N4CCOCC4)cc4ncncc34)CC2)n1. The first-order chi connectivity index (χ1) is 15.2. The second-order valence-corrected chi connectivity index (χ2v) is 7.96. The smallest absolute Gasteiger partial charge is 0.155 e. The lowest BCUT2D eigenvalue weighted by atomic mass is 9.95. The molecule has 0 atom stereocenters. The van der Waals surface area contributed by atoms with Gasteiger partial charge in [-0.2, -0.15) is 0 Å². The van der Waals surface area contributed by atoms with Crippen LogP contribution in [0.25, 0.3) is 10.9 Å². The first-order valence-electron chi connectivity index (χ1n) is 10.8. The Morgan fingerprint density at radius 3 is 2.77 bits per heavy atom. The van der Waals surface area contributed by atoms with Crippen LogP contribution < -0.4 is 9.64 Å². The van der Waals surface area contributed by atoms with E-state index < -0.39 is 0 Å². The maximum Gasteiger partial charge on any atom is 0.155 e. The van der Waals surface area contributed by atoms with E-state index in [1.165, 1.54) is 5.71 Å². The van der Waals surface area contributed by atoms with Gasteiger partial charge in [0.2, 0.25) is 0 Å². The van der Waals surface area contributed by atoms with Crippen molar-refractivity contribution in [3.63, 3.8) is 0 Å². The van der Waals surface area contributed by atoms with Gasteiger partial charge in [-0.05, 0) is 38.7 Å². The van der Waals surface area contributed by atoms with Crippen molar-refractivity contribution < 1.29 is 9.47 Å². The Morgan fingerprint density at radius 1 is 1.13 bits per heavy atom. The molecule has 3 heterocycles. The lowest BCUT2D eigenvalue weighted by molar-refractivity contribution is 0.122. The number of aromatic nitrogens is 4.